The molecule has 0 aliphatic carbocycles. The normalized spacial score (nSPS) is 17.8. The zero-order valence-electron chi connectivity index (χ0n) is 14.3. The van der Waals surface area contributed by atoms with Crippen molar-refractivity contribution in [2.45, 2.75) is 26.2 Å². The number of benzene rings is 1. The number of likely N-dealkylation sites (tertiary alicyclic amines) is 1. The lowest BCUT2D eigenvalue weighted by molar-refractivity contribution is 0.0653. The fourth-order valence-electron chi connectivity index (χ4n) is 3.22. The standard InChI is InChI=1S/C18H22BrN3O3/c1-12-5-9-21(10-6-12)18(25)20-7-2-8-22-16(23)14-4-3-13(19)11-15(14)17(22)24/h3-4,11-12H,2,5-10H2,1H3,(H,20,25). The van der Waals surface area contributed by atoms with Gasteiger partial charge in [-0.3, -0.25) is 14.5 Å². The summed E-state index contributed by atoms with van der Waals surface area (Å²) in [6.07, 6.45) is 2.62. The van der Waals surface area contributed by atoms with Crippen LogP contribution in [0.15, 0.2) is 22.7 Å². The highest BCUT2D eigenvalue weighted by molar-refractivity contribution is 9.10. The largest absolute Gasteiger partial charge is 0.338 e. The monoisotopic (exact) mass is 407 g/mol. The second kappa shape index (κ2) is 7.56. The highest BCUT2D eigenvalue weighted by Gasteiger charge is 2.35. The first kappa shape index (κ1) is 17.9. The van der Waals surface area contributed by atoms with Crippen LogP contribution in [0.25, 0.3) is 0 Å². The van der Waals surface area contributed by atoms with Crippen LogP contribution in [-0.2, 0) is 0 Å². The zero-order chi connectivity index (χ0) is 18.0. The molecule has 1 aromatic rings. The van der Waals surface area contributed by atoms with Crippen molar-refractivity contribution in [2.24, 2.45) is 5.92 Å². The molecule has 0 radical (unpaired) electrons. The van der Waals surface area contributed by atoms with Gasteiger partial charge >= 0.3 is 6.03 Å². The lowest BCUT2D eigenvalue weighted by Crippen LogP contribution is -2.44. The molecule has 0 atom stereocenters. The number of rotatable bonds is 4. The number of nitrogens with one attached hydrogen (secondary N) is 1. The molecule has 1 aromatic carbocycles. The van der Waals surface area contributed by atoms with E-state index in [-0.39, 0.29) is 17.8 Å². The van der Waals surface area contributed by atoms with Crippen molar-refractivity contribution in [3.63, 3.8) is 0 Å². The fourth-order valence-corrected chi connectivity index (χ4v) is 3.58. The van der Waals surface area contributed by atoms with Crippen molar-refractivity contribution in [1.29, 1.82) is 0 Å². The molecule has 0 unspecified atom stereocenters. The van der Waals surface area contributed by atoms with E-state index in [1.165, 1.54) is 4.90 Å². The third-order valence-electron chi connectivity index (χ3n) is 4.84. The van der Waals surface area contributed by atoms with E-state index < -0.39 is 0 Å². The molecule has 7 heteroatoms. The van der Waals surface area contributed by atoms with Gasteiger partial charge in [-0.05, 0) is 43.4 Å². The number of urea groups is 1. The minimum atomic E-state index is -0.266. The fraction of sp³-hybridized carbons (Fsp3) is 0.500. The molecule has 0 aromatic heterocycles. The van der Waals surface area contributed by atoms with E-state index in [0.717, 1.165) is 30.4 Å². The average Bonchev–Trinajstić information content (AvgIpc) is 2.83. The Kier molecular flexibility index (Phi) is 5.42. The highest BCUT2D eigenvalue weighted by atomic mass is 79.9. The Bertz CT molecular complexity index is 699. The van der Waals surface area contributed by atoms with E-state index in [0.29, 0.717) is 36.6 Å². The summed E-state index contributed by atoms with van der Waals surface area (Å²) in [7, 11) is 0. The maximum atomic E-state index is 12.4. The van der Waals surface area contributed by atoms with E-state index in [2.05, 4.69) is 28.2 Å². The lowest BCUT2D eigenvalue weighted by Gasteiger charge is -2.30. The molecule has 0 spiro atoms. The molecule has 4 amide bonds. The smallest absolute Gasteiger partial charge is 0.317 e. The number of carbonyl (C=O) groups is 3. The van der Waals surface area contributed by atoms with Gasteiger partial charge in [-0.15, -0.1) is 0 Å². The number of carbonyl (C=O) groups excluding carboxylic acids is 3. The Morgan fingerprint density at radius 1 is 1.20 bits per heavy atom. The Labute approximate surface area is 155 Å². The number of imide groups is 1. The Morgan fingerprint density at radius 3 is 2.60 bits per heavy atom. The van der Waals surface area contributed by atoms with Crippen LogP contribution in [0.4, 0.5) is 4.79 Å². The number of amides is 4. The van der Waals surface area contributed by atoms with Gasteiger partial charge in [0, 0.05) is 30.7 Å². The van der Waals surface area contributed by atoms with Gasteiger partial charge in [0.05, 0.1) is 11.1 Å². The van der Waals surface area contributed by atoms with Crippen molar-refractivity contribution < 1.29 is 14.4 Å². The summed E-state index contributed by atoms with van der Waals surface area (Å²) in [5.41, 5.74) is 0.880. The van der Waals surface area contributed by atoms with E-state index >= 15 is 0 Å². The van der Waals surface area contributed by atoms with Crippen molar-refractivity contribution >= 4 is 33.8 Å². The molecule has 2 heterocycles. The van der Waals surface area contributed by atoms with Gasteiger partial charge in [0.25, 0.3) is 11.8 Å². The maximum Gasteiger partial charge on any atom is 0.317 e. The Morgan fingerprint density at radius 2 is 1.88 bits per heavy atom. The number of fused-ring (bicyclic) bond motifs is 1. The highest BCUT2D eigenvalue weighted by Crippen LogP contribution is 2.26. The van der Waals surface area contributed by atoms with Gasteiger partial charge in [0.15, 0.2) is 0 Å². The van der Waals surface area contributed by atoms with Gasteiger partial charge in [0.1, 0.15) is 0 Å². The van der Waals surface area contributed by atoms with Gasteiger partial charge < -0.3 is 10.2 Å². The van der Waals surface area contributed by atoms with Gasteiger partial charge in [-0.2, -0.15) is 0 Å². The maximum absolute atomic E-state index is 12.4. The minimum absolute atomic E-state index is 0.0572. The molecule has 0 bridgehead atoms. The summed E-state index contributed by atoms with van der Waals surface area (Å²) >= 11 is 3.32. The summed E-state index contributed by atoms with van der Waals surface area (Å²) in [5, 5.41) is 2.88. The van der Waals surface area contributed by atoms with Crippen LogP contribution in [0.1, 0.15) is 46.9 Å². The molecule has 25 heavy (non-hydrogen) atoms. The number of hydrogen-bond acceptors (Lipinski definition) is 3. The number of nitrogens with zero attached hydrogens (tertiary/aromatic N) is 2. The summed E-state index contributed by atoms with van der Waals surface area (Å²) in [6.45, 7) is 4.54. The van der Waals surface area contributed by atoms with E-state index in [1.54, 1.807) is 18.2 Å². The lowest BCUT2D eigenvalue weighted by atomic mass is 10.00. The summed E-state index contributed by atoms with van der Waals surface area (Å²) in [5.74, 6) is 0.152. The first-order chi connectivity index (χ1) is 12.0. The van der Waals surface area contributed by atoms with Crippen molar-refractivity contribution in [2.75, 3.05) is 26.2 Å². The Hall–Kier alpha value is -1.89. The summed E-state index contributed by atoms with van der Waals surface area (Å²) in [4.78, 5) is 39.9. The molecule has 6 nitrogen and oxygen atoms in total. The van der Waals surface area contributed by atoms with Gasteiger partial charge in [-0.25, -0.2) is 4.79 Å². The summed E-state index contributed by atoms with van der Waals surface area (Å²) < 4.78 is 0.775. The minimum Gasteiger partial charge on any atom is -0.338 e. The van der Waals surface area contributed by atoms with E-state index in [1.807, 2.05) is 4.90 Å². The third kappa shape index (κ3) is 3.86. The van der Waals surface area contributed by atoms with Crippen LogP contribution in [0.5, 0.6) is 0 Å². The van der Waals surface area contributed by atoms with Crippen molar-refractivity contribution in [1.82, 2.24) is 15.1 Å². The third-order valence-corrected chi connectivity index (χ3v) is 5.33. The molecule has 1 N–H and O–H groups in total. The van der Waals surface area contributed by atoms with E-state index in [9.17, 15) is 14.4 Å². The zero-order valence-corrected chi connectivity index (χ0v) is 15.8. The number of hydrogen-bond donors (Lipinski definition) is 1. The predicted molar refractivity (Wildman–Crippen MR) is 97.5 cm³/mol. The van der Waals surface area contributed by atoms with Crippen LogP contribution in [-0.4, -0.2) is 53.8 Å². The quantitative estimate of drug-likeness (QED) is 0.615. The SMILES string of the molecule is CC1CCN(C(=O)NCCCN2C(=O)c3ccc(Br)cc3C2=O)CC1. The first-order valence-electron chi connectivity index (χ1n) is 8.66. The van der Waals surface area contributed by atoms with Crippen LogP contribution in [0.2, 0.25) is 0 Å². The van der Waals surface area contributed by atoms with Crippen molar-refractivity contribution in [3.05, 3.63) is 33.8 Å². The molecule has 2 aliphatic heterocycles. The van der Waals surface area contributed by atoms with E-state index in [4.69, 9.17) is 0 Å². The molecule has 1 fully saturated rings. The van der Waals surface area contributed by atoms with Crippen LogP contribution >= 0.6 is 15.9 Å². The second-order valence-electron chi connectivity index (χ2n) is 6.71. The van der Waals surface area contributed by atoms with Crippen molar-refractivity contribution in [3.8, 4) is 0 Å². The van der Waals surface area contributed by atoms with Gasteiger partial charge in [0.2, 0.25) is 0 Å². The predicted octanol–water partition coefficient (Wildman–Crippen LogP) is 2.88. The number of halogens is 1. The molecule has 0 saturated carbocycles. The molecule has 1 saturated heterocycles. The van der Waals surface area contributed by atoms with Crippen LogP contribution in [0.3, 0.4) is 0 Å². The molecular formula is C18H22BrN3O3. The molecule has 3 rings (SSSR count). The Balaban J connectivity index is 1.46. The summed E-state index contributed by atoms with van der Waals surface area (Å²) in [6, 6.07) is 5.04. The average molecular weight is 408 g/mol. The second-order valence-corrected chi connectivity index (χ2v) is 7.62. The topological polar surface area (TPSA) is 69.7 Å². The van der Waals surface area contributed by atoms with Crippen LogP contribution < -0.4 is 5.32 Å². The molecular weight excluding hydrogens is 386 g/mol. The molecule has 134 valence electrons. The first-order valence-corrected chi connectivity index (χ1v) is 9.45. The molecule has 2 aliphatic rings. The number of piperidine rings is 1. The van der Waals surface area contributed by atoms with Crippen LogP contribution in [0, 0.1) is 5.92 Å². The van der Waals surface area contributed by atoms with Gasteiger partial charge in [-0.1, -0.05) is 22.9 Å².